The number of hydrogen-bond acceptors (Lipinski definition) is 7. The van der Waals surface area contributed by atoms with Crippen LogP contribution in [0.4, 0.5) is 23.7 Å². The van der Waals surface area contributed by atoms with E-state index in [1.165, 1.54) is 11.1 Å². The van der Waals surface area contributed by atoms with Crippen molar-refractivity contribution < 1.29 is 32.2 Å². The molecule has 9 nitrogen and oxygen atoms in total. The van der Waals surface area contributed by atoms with Crippen molar-refractivity contribution >= 4 is 28.6 Å². The minimum atomic E-state index is -4.54. The first-order valence-corrected chi connectivity index (χ1v) is 12.8. The molecule has 1 aromatic carbocycles. The third-order valence-electron chi connectivity index (χ3n) is 7.65. The lowest BCUT2D eigenvalue weighted by atomic mass is 10.0. The van der Waals surface area contributed by atoms with E-state index in [9.17, 15) is 28.0 Å². The Bertz CT molecular complexity index is 1350. The Labute approximate surface area is 223 Å². The molecule has 1 aliphatic carbocycles. The van der Waals surface area contributed by atoms with Gasteiger partial charge in [0.15, 0.2) is 0 Å². The summed E-state index contributed by atoms with van der Waals surface area (Å²) >= 11 is 0. The van der Waals surface area contributed by atoms with Crippen LogP contribution in [-0.2, 0) is 14.3 Å². The number of morpholine rings is 1. The lowest BCUT2D eigenvalue weighted by molar-refractivity contribution is -0.187. The lowest BCUT2D eigenvalue weighted by Gasteiger charge is -2.34. The van der Waals surface area contributed by atoms with Crippen LogP contribution in [0.2, 0.25) is 0 Å². The highest BCUT2D eigenvalue weighted by Gasteiger charge is 2.84. The molecule has 0 bridgehead atoms. The van der Waals surface area contributed by atoms with Crippen molar-refractivity contribution in [3.05, 3.63) is 36.0 Å². The van der Waals surface area contributed by atoms with Crippen molar-refractivity contribution in [1.82, 2.24) is 15.2 Å². The second kappa shape index (κ2) is 9.26. The van der Waals surface area contributed by atoms with Crippen molar-refractivity contribution in [2.24, 2.45) is 5.41 Å². The van der Waals surface area contributed by atoms with E-state index in [0.29, 0.717) is 28.7 Å². The second-order valence-electron chi connectivity index (χ2n) is 11.5. The molecule has 3 fully saturated rings. The molecule has 1 saturated carbocycles. The molecule has 5 rings (SSSR count). The number of alkyl halides is 3. The number of hydrogen-bond donors (Lipinski definition) is 1. The van der Waals surface area contributed by atoms with Crippen molar-refractivity contribution in [1.29, 1.82) is 5.26 Å². The third kappa shape index (κ3) is 4.84. The third-order valence-corrected chi connectivity index (χ3v) is 7.65. The van der Waals surface area contributed by atoms with Crippen LogP contribution in [0, 0.1) is 16.7 Å². The number of anilines is 1. The van der Waals surface area contributed by atoms with E-state index < -0.39 is 40.8 Å². The van der Waals surface area contributed by atoms with Gasteiger partial charge in [0.1, 0.15) is 17.1 Å². The van der Waals surface area contributed by atoms with Crippen LogP contribution in [0.25, 0.3) is 10.9 Å². The predicted octanol–water partition coefficient (Wildman–Crippen LogP) is 3.76. The molecule has 12 heteroatoms. The SMILES string of the molecule is CC(C)(C)OC(=O)N1CCOC(CC(=O)NC23CN(c4ccc(C#N)c5ncccc45)CC2(C(F)(F)F)C3)C1. The summed E-state index contributed by atoms with van der Waals surface area (Å²) in [4.78, 5) is 32.8. The van der Waals surface area contributed by atoms with Crippen LogP contribution in [0.3, 0.4) is 0 Å². The molecule has 3 heterocycles. The highest BCUT2D eigenvalue weighted by molar-refractivity contribution is 5.95. The van der Waals surface area contributed by atoms with Gasteiger partial charge in [0.2, 0.25) is 5.91 Å². The van der Waals surface area contributed by atoms with Gasteiger partial charge in [-0.1, -0.05) is 0 Å². The van der Waals surface area contributed by atoms with Gasteiger partial charge in [0.25, 0.3) is 0 Å². The Morgan fingerprint density at radius 3 is 2.72 bits per heavy atom. The van der Waals surface area contributed by atoms with Gasteiger partial charge in [-0.15, -0.1) is 0 Å². The fourth-order valence-electron chi connectivity index (χ4n) is 5.81. The first-order chi connectivity index (χ1) is 18.3. The van der Waals surface area contributed by atoms with Crippen LogP contribution in [0.15, 0.2) is 30.5 Å². The average molecular weight is 546 g/mol. The van der Waals surface area contributed by atoms with Crippen molar-refractivity contribution in [2.75, 3.05) is 37.7 Å². The van der Waals surface area contributed by atoms with E-state index in [2.05, 4.69) is 16.4 Å². The number of carbonyl (C=O) groups excluding carboxylic acids is 2. The number of nitrogens with one attached hydrogen (secondary N) is 1. The highest BCUT2D eigenvalue weighted by atomic mass is 19.4. The molecule has 0 spiro atoms. The van der Waals surface area contributed by atoms with E-state index in [1.54, 1.807) is 49.9 Å². The Morgan fingerprint density at radius 2 is 2.03 bits per heavy atom. The zero-order valence-electron chi connectivity index (χ0n) is 22.0. The van der Waals surface area contributed by atoms with E-state index in [0.717, 1.165) is 0 Å². The summed E-state index contributed by atoms with van der Waals surface area (Å²) in [6, 6.07) is 8.65. The lowest BCUT2D eigenvalue weighted by Crippen LogP contribution is -2.50. The van der Waals surface area contributed by atoms with Gasteiger partial charge in [-0.3, -0.25) is 9.78 Å². The Kier molecular flexibility index (Phi) is 6.41. The monoisotopic (exact) mass is 545 g/mol. The molecule has 39 heavy (non-hydrogen) atoms. The van der Waals surface area contributed by atoms with Gasteiger partial charge < -0.3 is 24.6 Å². The number of carbonyl (C=O) groups is 2. The molecule has 2 aliphatic heterocycles. The number of nitriles is 1. The Morgan fingerprint density at radius 1 is 1.26 bits per heavy atom. The number of aromatic nitrogens is 1. The van der Waals surface area contributed by atoms with Crippen molar-refractivity contribution in [3.63, 3.8) is 0 Å². The number of ether oxygens (including phenoxy) is 2. The molecule has 3 unspecified atom stereocenters. The van der Waals surface area contributed by atoms with Gasteiger partial charge >= 0.3 is 12.3 Å². The summed E-state index contributed by atoms with van der Waals surface area (Å²) in [5.41, 5.74) is -2.97. The minimum Gasteiger partial charge on any atom is -0.444 e. The van der Waals surface area contributed by atoms with Crippen LogP contribution in [-0.4, -0.2) is 78.1 Å². The van der Waals surface area contributed by atoms with Gasteiger partial charge in [-0.2, -0.15) is 18.4 Å². The van der Waals surface area contributed by atoms with Gasteiger partial charge in [0, 0.05) is 36.9 Å². The van der Waals surface area contributed by atoms with E-state index >= 15 is 0 Å². The molecule has 1 N–H and O–H groups in total. The van der Waals surface area contributed by atoms with Gasteiger partial charge in [0.05, 0.1) is 42.3 Å². The standard InChI is InChI=1S/C27H30F3N5O4/c1-24(2,3)39-23(37)34-9-10-38-18(13-34)11-21(36)33-26-14-25(26,27(28,29)30)15-35(16-26)20-7-6-17(12-31)22-19(20)5-4-8-32-22/h4-8,18H,9-11,13-16H2,1-3H3,(H,33,36). The summed E-state index contributed by atoms with van der Waals surface area (Å²) in [6.07, 6.45) is -4.59. The van der Waals surface area contributed by atoms with Gasteiger partial charge in [-0.05, 0) is 51.5 Å². The van der Waals surface area contributed by atoms with Crippen LogP contribution in [0.5, 0.6) is 0 Å². The summed E-state index contributed by atoms with van der Waals surface area (Å²) < 4.78 is 54.3. The van der Waals surface area contributed by atoms with Crippen molar-refractivity contribution in [2.45, 2.75) is 57.0 Å². The first kappa shape index (κ1) is 27.0. The molecule has 3 aliphatic rings. The number of fused-ring (bicyclic) bond motifs is 2. The van der Waals surface area contributed by atoms with E-state index in [1.807, 2.05) is 0 Å². The van der Waals surface area contributed by atoms with E-state index in [4.69, 9.17) is 9.47 Å². The Hall–Kier alpha value is -3.59. The fraction of sp³-hybridized carbons (Fsp3) is 0.556. The minimum absolute atomic E-state index is 0.0380. The normalized spacial score (nSPS) is 26.6. The average Bonchev–Trinajstić information content (AvgIpc) is 3.37. The number of amides is 2. The first-order valence-electron chi connectivity index (χ1n) is 12.8. The number of pyridine rings is 1. The second-order valence-corrected chi connectivity index (χ2v) is 11.5. The van der Waals surface area contributed by atoms with Gasteiger partial charge in [-0.25, -0.2) is 4.79 Å². The van der Waals surface area contributed by atoms with Crippen LogP contribution < -0.4 is 10.2 Å². The molecule has 0 radical (unpaired) electrons. The molecule has 2 saturated heterocycles. The summed E-state index contributed by atoms with van der Waals surface area (Å²) in [5, 5.41) is 12.7. The summed E-state index contributed by atoms with van der Waals surface area (Å²) in [5.74, 6) is -0.564. The highest BCUT2D eigenvalue weighted by Crippen LogP contribution is 2.69. The summed E-state index contributed by atoms with van der Waals surface area (Å²) in [7, 11) is 0. The summed E-state index contributed by atoms with van der Waals surface area (Å²) in [6.45, 7) is 5.50. The number of nitrogens with zero attached hydrogens (tertiary/aromatic N) is 4. The van der Waals surface area contributed by atoms with Crippen molar-refractivity contribution in [3.8, 4) is 6.07 Å². The zero-order valence-corrected chi connectivity index (χ0v) is 22.0. The number of benzene rings is 1. The quantitative estimate of drug-likeness (QED) is 0.623. The maximum Gasteiger partial charge on any atom is 0.410 e. The smallest absolute Gasteiger partial charge is 0.410 e. The molecule has 2 aromatic rings. The maximum absolute atomic E-state index is 14.4. The number of piperidine rings is 1. The molecular formula is C27H30F3N5O4. The molecule has 208 valence electrons. The maximum atomic E-state index is 14.4. The number of halogens is 3. The predicted molar refractivity (Wildman–Crippen MR) is 135 cm³/mol. The van der Waals surface area contributed by atoms with Crippen LogP contribution in [0.1, 0.15) is 39.2 Å². The fourth-order valence-corrected chi connectivity index (χ4v) is 5.81. The molecule has 2 amide bonds. The zero-order chi connectivity index (χ0) is 28.2. The van der Waals surface area contributed by atoms with Crippen LogP contribution >= 0.6 is 0 Å². The Balaban J connectivity index is 1.32. The van der Waals surface area contributed by atoms with E-state index in [-0.39, 0.29) is 39.1 Å². The molecule has 3 atom stereocenters. The number of rotatable bonds is 4. The molecular weight excluding hydrogens is 515 g/mol. The topological polar surface area (TPSA) is 108 Å². The molecule has 1 aromatic heterocycles. The largest absolute Gasteiger partial charge is 0.444 e.